The summed E-state index contributed by atoms with van der Waals surface area (Å²) in [5, 5.41) is 0. The maximum Gasteiger partial charge on any atom is 0.481 e. The first kappa shape index (κ1) is 13.5. The van der Waals surface area contributed by atoms with Crippen LogP contribution < -0.4 is 0 Å². The van der Waals surface area contributed by atoms with E-state index in [0.717, 1.165) is 0 Å². The lowest BCUT2D eigenvalue weighted by Gasteiger charge is -2.12. The van der Waals surface area contributed by atoms with E-state index in [2.05, 4.69) is 13.8 Å². The number of phosphoric ester groups is 1. The highest BCUT2D eigenvalue weighted by Gasteiger charge is 2.32. The maximum absolute atomic E-state index is 11.0. The van der Waals surface area contributed by atoms with Gasteiger partial charge < -0.3 is 14.7 Å². The molecule has 0 aliphatic rings. The van der Waals surface area contributed by atoms with E-state index in [-0.39, 0.29) is 6.61 Å². The lowest BCUT2D eigenvalue weighted by molar-refractivity contribution is 0.172. The molecule has 1 atom stereocenters. The number of aromatic nitrogens is 1. The van der Waals surface area contributed by atoms with Crippen molar-refractivity contribution in [3.8, 4) is 0 Å². The van der Waals surface area contributed by atoms with E-state index in [1.807, 2.05) is 0 Å². The van der Waals surface area contributed by atoms with Crippen LogP contribution in [0.1, 0.15) is 5.56 Å². The van der Waals surface area contributed by atoms with Gasteiger partial charge in [-0.25, -0.2) is 9.13 Å². The van der Waals surface area contributed by atoms with Crippen molar-refractivity contribution in [3.05, 3.63) is 30.1 Å². The number of hydrogen-bond donors (Lipinski definition) is 3. The minimum Gasteiger partial charge on any atom is -0.302 e. The normalized spacial score (nSPS) is 15.7. The second-order valence-electron chi connectivity index (χ2n) is 2.67. The first-order valence-corrected chi connectivity index (χ1v) is 6.94. The van der Waals surface area contributed by atoms with Gasteiger partial charge in [0.15, 0.2) is 0 Å². The molecule has 0 aromatic carbocycles. The average Bonchev–Trinajstić information content (AvgIpc) is 2.13. The molecule has 0 aliphatic carbocycles. The Labute approximate surface area is 90.7 Å². The van der Waals surface area contributed by atoms with Crippen molar-refractivity contribution in [1.29, 1.82) is 0 Å². The van der Waals surface area contributed by atoms with Gasteiger partial charge >= 0.3 is 15.6 Å². The van der Waals surface area contributed by atoms with Gasteiger partial charge in [-0.2, -0.15) is 4.31 Å². The van der Waals surface area contributed by atoms with E-state index in [4.69, 9.17) is 14.7 Å². The third kappa shape index (κ3) is 5.48. The van der Waals surface area contributed by atoms with Crippen molar-refractivity contribution in [1.82, 2.24) is 4.98 Å². The highest BCUT2D eigenvalue weighted by Crippen LogP contribution is 2.57. The van der Waals surface area contributed by atoms with Crippen LogP contribution in [0.3, 0.4) is 0 Å². The maximum atomic E-state index is 11.0. The molecule has 90 valence electrons. The summed E-state index contributed by atoms with van der Waals surface area (Å²) < 4.78 is 29.3. The van der Waals surface area contributed by atoms with Gasteiger partial charge in [-0.15, -0.1) is 0 Å². The van der Waals surface area contributed by atoms with E-state index in [0.29, 0.717) is 5.56 Å². The number of pyridine rings is 1. The Balaban J connectivity index is 2.55. The summed E-state index contributed by atoms with van der Waals surface area (Å²) in [4.78, 5) is 29.3. The highest BCUT2D eigenvalue weighted by atomic mass is 31.3. The van der Waals surface area contributed by atoms with Gasteiger partial charge in [-0.05, 0) is 17.7 Å². The molecule has 0 aliphatic heterocycles. The molecule has 1 rings (SSSR count). The van der Waals surface area contributed by atoms with Gasteiger partial charge in [0.1, 0.15) is 0 Å². The molecule has 0 fully saturated rings. The molecule has 3 N–H and O–H groups in total. The molecule has 0 bridgehead atoms. The molecular formula is C6H9NO7P2. The SMILES string of the molecule is O=P(O)(O)OP(=O)(O)OCc1ccncc1. The summed E-state index contributed by atoms with van der Waals surface area (Å²) in [6.07, 6.45) is 2.87. The number of phosphoric acid groups is 2. The molecule has 1 unspecified atom stereocenters. The van der Waals surface area contributed by atoms with Gasteiger partial charge in [0.25, 0.3) is 0 Å². The Kier molecular flexibility index (Phi) is 4.35. The molecule has 1 aromatic heterocycles. The summed E-state index contributed by atoms with van der Waals surface area (Å²) in [7, 11) is -9.82. The smallest absolute Gasteiger partial charge is 0.302 e. The monoisotopic (exact) mass is 269 g/mol. The largest absolute Gasteiger partial charge is 0.481 e. The lowest BCUT2D eigenvalue weighted by Crippen LogP contribution is -1.94. The van der Waals surface area contributed by atoms with Crippen LogP contribution in [-0.2, 0) is 24.6 Å². The van der Waals surface area contributed by atoms with E-state index in [9.17, 15) is 9.13 Å². The second kappa shape index (κ2) is 5.16. The zero-order valence-corrected chi connectivity index (χ0v) is 9.62. The van der Waals surface area contributed by atoms with Gasteiger partial charge in [-0.3, -0.25) is 9.51 Å². The van der Waals surface area contributed by atoms with E-state index < -0.39 is 15.6 Å². The predicted octanol–water partition coefficient (Wildman–Crippen LogP) is 0.808. The first-order chi connectivity index (χ1) is 7.29. The Morgan fingerprint density at radius 3 is 2.25 bits per heavy atom. The third-order valence-electron chi connectivity index (χ3n) is 1.35. The minimum atomic E-state index is -5.06. The molecule has 0 radical (unpaired) electrons. The number of rotatable bonds is 5. The predicted molar refractivity (Wildman–Crippen MR) is 52.0 cm³/mol. The van der Waals surface area contributed by atoms with Gasteiger partial charge in [-0.1, -0.05) is 0 Å². The van der Waals surface area contributed by atoms with Gasteiger partial charge in [0.2, 0.25) is 0 Å². The summed E-state index contributed by atoms with van der Waals surface area (Å²) in [6.45, 7) is -0.323. The van der Waals surface area contributed by atoms with Crippen LogP contribution in [0.15, 0.2) is 24.5 Å². The molecule has 0 saturated heterocycles. The van der Waals surface area contributed by atoms with Crippen molar-refractivity contribution >= 4 is 15.6 Å². The number of nitrogens with zero attached hydrogens (tertiary/aromatic N) is 1. The van der Waals surface area contributed by atoms with E-state index in [1.165, 1.54) is 24.5 Å². The zero-order valence-electron chi connectivity index (χ0n) is 7.83. The highest BCUT2D eigenvalue weighted by molar-refractivity contribution is 7.60. The van der Waals surface area contributed by atoms with E-state index in [1.54, 1.807) is 0 Å². The fourth-order valence-corrected chi connectivity index (χ4v) is 2.37. The Bertz CT molecular complexity index is 430. The first-order valence-electron chi connectivity index (χ1n) is 3.92. The van der Waals surface area contributed by atoms with Crippen LogP contribution in [0, 0.1) is 0 Å². The zero-order chi connectivity index (χ0) is 12.2. The van der Waals surface area contributed by atoms with Crippen LogP contribution in [0.2, 0.25) is 0 Å². The fraction of sp³-hybridized carbons (Fsp3) is 0.167. The lowest BCUT2D eigenvalue weighted by atomic mass is 10.3. The quantitative estimate of drug-likeness (QED) is 0.670. The van der Waals surface area contributed by atoms with Gasteiger partial charge in [0.05, 0.1) is 6.61 Å². The van der Waals surface area contributed by atoms with Crippen molar-refractivity contribution in [3.63, 3.8) is 0 Å². The summed E-state index contributed by atoms with van der Waals surface area (Å²) in [5.41, 5.74) is 0.513. The van der Waals surface area contributed by atoms with Crippen molar-refractivity contribution in [2.45, 2.75) is 6.61 Å². The molecule has 10 heteroatoms. The topological polar surface area (TPSA) is 126 Å². The van der Waals surface area contributed by atoms with Crippen molar-refractivity contribution in [2.75, 3.05) is 0 Å². The minimum absolute atomic E-state index is 0.323. The average molecular weight is 269 g/mol. The summed E-state index contributed by atoms with van der Waals surface area (Å²) >= 11 is 0. The molecule has 8 nitrogen and oxygen atoms in total. The standard InChI is InChI=1S/C6H9NO7P2/c8-15(9,10)14-16(11,12)13-5-6-1-3-7-4-2-6/h1-4H,5H2,(H,11,12)(H2,8,9,10). The van der Waals surface area contributed by atoms with Crippen molar-refractivity contribution < 1.29 is 32.6 Å². The number of hydrogen-bond acceptors (Lipinski definition) is 5. The van der Waals surface area contributed by atoms with Crippen LogP contribution in [0.4, 0.5) is 0 Å². The third-order valence-corrected chi connectivity index (χ3v) is 3.49. The Morgan fingerprint density at radius 2 is 1.75 bits per heavy atom. The Hall–Kier alpha value is -0.590. The van der Waals surface area contributed by atoms with Crippen molar-refractivity contribution in [2.24, 2.45) is 0 Å². The van der Waals surface area contributed by atoms with Crippen LogP contribution >= 0.6 is 15.6 Å². The molecule has 1 heterocycles. The van der Waals surface area contributed by atoms with Crippen LogP contribution in [0.25, 0.3) is 0 Å². The molecular weight excluding hydrogens is 260 g/mol. The van der Waals surface area contributed by atoms with E-state index >= 15 is 0 Å². The molecule has 0 amide bonds. The molecule has 0 spiro atoms. The summed E-state index contributed by atoms with van der Waals surface area (Å²) in [6, 6.07) is 3.02. The summed E-state index contributed by atoms with van der Waals surface area (Å²) in [5.74, 6) is 0. The molecule has 0 saturated carbocycles. The van der Waals surface area contributed by atoms with Crippen LogP contribution in [-0.4, -0.2) is 19.7 Å². The molecule has 16 heavy (non-hydrogen) atoms. The fourth-order valence-electron chi connectivity index (χ4n) is 0.793. The van der Waals surface area contributed by atoms with Gasteiger partial charge in [0, 0.05) is 12.4 Å². The Morgan fingerprint density at radius 1 is 1.19 bits per heavy atom. The van der Waals surface area contributed by atoms with Crippen LogP contribution in [0.5, 0.6) is 0 Å². The second-order valence-corrected chi connectivity index (χ2v) is 5.50. The molecule has 1 aromatic rings.